The summed E-state index contributed by atoms with van der Waals surface area (Å²) in [6.45, 7) is 13.4. The molecule has 0 aromatic carbocycles. The Hall–Kier alpha value is -0.410. The highest BCUT2D eigenvalue weighted by Crippen LogP contribution is 2.29. The molecular weight excluding hydrogens is 264 g/mol. The fourth-order valence-electron chi connectivity index (χ4n) is 2.25. The van der Waals surface area contributed by atoms with Crippen molar-refractivity contribution < 1.29 is 0 Å². The number of nitrogens with zero attached hydrogens (tertiary/aromatic N) is 1. The topological polar surface area (TPSA) is 24.9 Å². The zero-order valence-electron chi connectivity index (χ0n) is 14.1. The minimum absolute atomic E-state index is 0.152. The van der Waals surface area contributed by atoms with E-state index in [1.54, 1.807) is 0 Å². The van der Waals surface area contributed by atoms with Gasteiger partial charge >= 0.3 is 0 Å². The maximum Gasteiger partial charge on any atom is 0.110 e. The van der Waals surface area contributed by atoms with Crippen LogP contribution in [0.15, 0.2) is 5.38 Å². The molecule has 0 bridgehead atoms. The van der Waals surface area contributed by atoms with E-state index in [1.807, 2.05) is 11.3 Å². The summed E-state index contributed by atoms with van der Waals surface area (Å²) < 4.78 is 0. The summed E-state index contributed by atoms with van der Waals surface area (Å²) in [5.41, 5.74) is 1.38. The van der Waals surface area contributed by atoms with Crippen LogP contribution in [0.5, 0.6) is 0 Å². The molecule has 0 aliphatic carbocycles. The van der Waals surface area contributed by atoms with E-state index in [9.17, 15) is 0 Å². The Labute approximate surface area is 129 Å². The largest absolute Gasteiger partial charge is 0.306 e. The monoisotopic (exact) mass is 296 g/mol. The Morgan fingerprint density at radius 2 is 1.90 bits per heavy atom. The van der Waals surface area contributed by atoms with Crippen LogP contribution in [0.1, 0.15) is 90.4 Å². The summed E-state index contributed by atoms with van der Waals surface area (Å²) in [5.74, 6) is 0. The molecule has 0 fully saturated rings. The highest BCUT2D eigenvalue weighted by atomic mass is 32.1. The number of hydrogen-bond acceptors (Lipinski definition) is 3. The molecule has 1 rings (SSSR count). The van der Waals surface area contributed by atoms with E-state index in [-0.39, 0.29) is 5.41 Å². The van der Waals surface area contributed by atoms with Crippen LogP contribution in [0.4, 0.5) is 0 Å². The summed E-state index contributed by atoms with van der Waals surface area (Å²) in [6.07, 6.45) is 6.48. The summed E-state index contributed by atoms with van der Waals surface area (Å²) in [7, 11) is 0. The minimum Gasteiger partial charge on any atom is -0.306 e. The number of nitrogens with one attached hydrogen (secondary N) is 1. The second-order valence-corrected chi connectivity index (χ2v) is 7.93. The predicted octanol–water partition coefficient (Wildman–Crippen LogP) is 5.45. The first-order valence-electron chi connectivity index (χ1n) is 8.06. The van der Waals surface area contributed by atoms with Crippen molar-refractivity contribution in [2.75, 3.05) is 0 Å². The van der Waals surface area contributed by atoms with Crippen LogP contribution in [0.25, 0.3) is 0 Å². The molecule has 0 aliphatic heterocycles. The first kappa shape index (κ1) is 17.6. The average molecular weight is 297 g/mol. The van der Waals surface area contributed by atoms with Crippen LogP contribution in [-0.2, 0) is 5.41 Å². The third kappa shape index (κ3) is 5.92. The second kappa shape index (κ2) is 8.14. The number of aromatic nitrogens is 1. The standard InChI is InChI=1S/C17H32N2S/c1-7-8-9-10-11-14(18-13(2)3)16-19-15(12-20-16)17(4,5)6/h12-14,18H,7-11H2,1-6H3. The minimum atomic E-state index is 0.152. The van der Waals surface area contributed by atoms with Gasteiger partial charge in [-0.15, -0.1) is 11.3 Å². The van der Waals surface area contributed by atoms with Crippen LogP contribution < -0.4 is 5.32 Å². The summed E-state index contributed by atoms with van der Waals surface area (Å²) in [4.78, 5) is 4.89. The smallest absolute Gasteiger partial charge is 0.110 e. The molecule has 1 unspecified atom stereocenters. The van der Waals surface area contributed by atoms with Gasteiger partial charge in [-0.3, -0.25) is 0 Å². The lowest BCUT2D eigenvalue weighted by atomic mass is 9.93. The SMILES string of the molecule is CCCCCCC(NC(C)C)c1nc(C(C)(C)C)cs1. The highest BCUT2D eigenvalue weighted by Gasteiger charge is 2.21. The molecule has 116 valence electrons. The van der Waals surface area contributed by atoms with Crippen molar-refractivity contribution in [2.24, 2.45) is 0 Å². The Bertz CT molecular complexity index is 377. The summed E-state index contributed by atoms with van der Waals surface area (Å²) >= 11 is 1.82. The quantitative estimate of drug-likeness (QED) is 0.645. The normalized spacial score (nSPS) is 13.9. The van der Waals surface area contributed by atoms with E-state index in [0.29, 0.717) is 12.1 Å². The van der Waals surface area contributed by atoms with Gasteiger partial charge in [0.15, 0.2) is 0 Å². The summed E-state index contributed by atoms with van der Waals surface area (Å²) in [5, 5.41) is 7.18. The Balaban J connectivity index is 2.69. The van der Waals surface area contributed by atoms with Crippen molar-refractivity contribution in [1.82, 2.24) is 10.3 Å². The molecule has 1 aromatic rings. The molecule has 0 saturated carbocycles. The van der Waals surface area contributed by atoms with E-state index >= 15 is 0 Å². The summed E-state index contributed by atoms with van der Waals surface area (Å²) in [6, 6.07) is 0.932. The molecule has 2 nitrogen and oxygen atoms in total. The van der Waals surface area contributed by atoms with Gasteiger partial charge in [0.25, 0.3) is 0 Å². The molecule has 0 saturated heterocycles. The van der Waals surface area contributed by atoms with Crippen molar-refractivity contribution in [2.45, 2.75) is 91.1 Å². The lowest BCUT2D eigenvalue weighted by Crippen LogP contribution is -2.28. The first-order valence-corrected chi connectivity index (χ1v) is 8.94. The molecule has 3 heteroatoms. The molecular formula is C17H32N2S. The zero-order valence-corrected chi connectivity index (χ0v) is 14.9. The fraction of sp³-hybridized carbons (Fsp3) is 0.824. The van der Waals surface area contributed by atoms with Crippen LogP contribution in [-0.4, -0.2) is 11.0 Å². The third-order valence-corrected chi connectivity index (χ3v) is 4.43. The average Bonchev–Trinajstić information content (AvgIpc) is 2.81. The first-order chi connectivity index (χ1) is 9.34. The highest BCUT2D eigenvalue weighted by molar-refractivity contribution is 7.09. The molecule has 20 heavy (non-hydrogen) atoms. The van der Waals surface area contributed by atoms with E-state index in [0.717, 1.165) is 0 Å². The van der Waals surface area contributed by atoms with Gasteiger partial charge in [-0.25, -0.2) is 4.98 Å². The fourth-order valence-corrected chi connectivity index (χ4v) is 3.39. The molecule has 1 heterocycles. The number of thiazole rings is 1. The van der Waals surface area contributed by atoms with Crippen molar-refractivity contribution in [3.63, 3.8) is 0 Å². The molecule has 1 N–H and O–H groups in total. The van der Waals surface area contributed by atoms with Gasteiger partial charge in [-0.2, -0.15) is 0 Å². The van der Waals surface area contributed by atoms with Crippen LogP contribution in [0.3, 0.4) is 0 Å². The number of hydrogen-bond donors (Lipinski definition) is 1. The number of rotatable bonds is 8. The van der Waals surface area contributed by atoms with Crippen molar-refractivity contribution >= 4 is 11.3 Å². The molecule has 1 aromatic heterocycles. The molecule has 0 aliphatic rings. The Kier molecular flexibility index (Phi) is 7.18. The van der Waals surface area contributed by atoms with E-state index in [4.69, 9.17) is 4.98 Å². The lowest BCUT2D eigenvalue weighted by molar-refractivity contribution is 0.429. The maximum atomic E-state index is 4.89. The molecule has 0 amide bonds. The van der Waals surface area contributed by atoms with Crippen molar-refractivity contribution in [3.8, 4) is 0 Å². The lowest BCUT2D eigenvalue weighted by Gasteiger charge is -2.20. The van der Waals surface area contributed by atoms with Crippen molar-refractivity contribution in [3.05, 3.63) is 16.1 Å². The van der Waals surface area contributed by atoms with Crippen LogP contribution in [0, 0.1) is 0 Å². The van der Waals surface area contributed by atoms with Crippen LogP contribution in [0.2, 0.25) is 0 Å². The van der Waals surface area contributed by atoms with Gasteiger partial charge in [0.1, 0.15) is 5.01 Å². The van der Waals surface area contributed by atoms with Gasteiger partial charge in [0, 0.05) is 16.8 Å². The molecule has 1 atom stereocenters. The van der Waals surface area contributed by atoms with E-state index in [1.165, 1.54) is 42.8 Å². The van der Waals surface area contributed by atoms with E-state index in [2.05, 4.69) is 52.2 Å². The molecule has 0 radical (unpaired) electrons. The third-order valence-electron chi connectivity index (χ3n) is 3.47. The van der Waals surface area contributed by atoms with Gasteiger partial charge in [0.2, 0.25) is 0 Å². The van der Waals surface area contributed by atoms with Gasteiger partial charge in [-0.05, 0) is 6.42 Å². The number of unbranched alkanes of at least 4 members (excludes halogenated alkanes) is 3. The molecule has 0 spiro atoms. The van der Waals surface area contributed by atoms with Crippen LogP contribution >= 0.6 is 11.3 Å². The predicted molar refractivity (Wildman–Crippen MR) is 90.6 cm³/mol. The van der Waals surface area contributed by atoms with Crippen molar-refractivity contribution in [1.29, 1.82) is 0 Å². The second-order valence-electron chi connectivity index (χ2n) is 7.04. The van der Waals surface area contributed by atoms with Gasteiger partial charge in [0.05, 0.1) is 11.7 Å². The van der Waals surface area contributed by atoms with Gasteiger partial charge in [-0.1, -0.05) is 67.2 Å². The zero-order chi connectivity index (χ0) is 15.2. The Morgan fingerprint density at radius 1 is 1.20 bits per heavy atom. The maximum absolute atomic E-state index is 4.89. The van der Waals surface area contributed by atoms with Gasteiger partial charge < -0.3 is 5.32 Å². The van der Waals surface area contributed by atoms with E-state index < -0.39 is 0 Å². The Morgan fingerprint density at radius 3 is 2.40 bits per heavy atom.